The number of rotatable bonds is 6. The molecule has 3 rings (SSSR count). The lowest BCUT2D eigenvalue weighted by atomic mass is 10.1. The summed E-state index contributed by atoms with van der Waals surface area (Å²) in [6, 6.07) is 14.4. The van der Waals surface area contributed by atoms with Gasteiger partial charge in [-0.1, -0.05) is 47.1 Å². The Morgan fingerprint density at radius 2 is 1.80 bits per heavy atom. The maximum atomic E-state index is 12.3. The van der Waals surface area contributed by atoms with Crippen molar-refractivity contribution in [1.29, 1.82) is 0 Å². The molecule has 1 heterocycles. The summed E-state index contributed by atoms with van der Waals surface area (Å²) < 4.78 is 1.96. The number of aromatic nitrogens is 3. The number of halogens is 2. The van der Waals surface area contributed by atoms with E-state index in [4.69, 9.17) is 23.2 Å². The van der Waals surface area contributed by atoms with E-state index in [9.17, 15) is 4.79 Å². The van der Waals surface area contributed by atoms with Crippen LogP contribution in [0.2, 0.25) is 10.0 Å². The molecule has 1 aromatic heterocycles. The Morgan fingerprint density at radius 3 is 2.48 bits per heavy atom. The van der Waals surface area contributed by atoms with Crippen molar-refractivity contribution < 1.29 is 4.79 Å². The van der Waals surface area contributed by atoms with Crippen LogP contribution in [0, 0.1) is 0 Å². The number of hydrogen-bond acceptors (Lipinski definition) is 4. The summed E-state index contributed by atoms with van der Waals surface area (Å²) in [4.78, 5) is 12.3. The van der Waals surface area contributed by atoms with Gasteiger partial charge in [0, 0.05) is 22.7 Å². The smallest absolute Gasteiger partial charge is 0.191 e. The zero-order valence-electron chi connectivity index (χ0n) is 13.4. The average molecular weight is 392 g/mol. The molecule has 0 unspecified atom stereocenters. The Hall–Kier alpha value is -1.82. The molecule has 0 atom stereocenters. The second-order valence-electron chi connectivity index (χ2n) is 5.25. The predicted molar refractivity (Wildman–Crippen MR) is 103 cm³/mol. The number of ketones is 1. The second kappa shape index (κ2) is 8.04. The molecule has 0 bridgehead atoms. The lowest BCUT2D eigenvalue weighted by molar-refractivity contribution is 0.102. The van der Waals surface area contributed by atoms with Crippen molar-refractivity contribution in [1.82, 2.24) is 14.8 Å². The lowest BCUT2D eigenvalue weighted by Crippen LogP contribution is -2.05. The fraction of sp³-hybridized carbons (Fsp3) is 0.167. The van der Waals surface area contributed by atoms with E-state index in [1.807, 2.05) is 35.8 Å². The maximum absolute atomic E-state index is 12.3. The van der Waals surface area contributed by atoms with Crippen molar-refractivity contribution in [3.63, 3.8) is 0 Å². The maximum Gasteiger partial charge on any atom is 0.191 e. The monoisotopic (exact) mass is 391 g/mol. The molecule has 0 aliphatic rings. The number of hydrogen-bond donors (Lipinski definition) is 0. The van der Waals surface area contributed by atoms with E-state index >= 15 is 0 Å². The molecule has 0 saturated carbocycles. The van der Waals surface area contributed by atoms with E-state index in [1.165, 1.54) is 11.8 Å². The first kappa shape index (κ1) is 18.0. The molecular formula is C18H15Cl2N3OS. The van der Waals surface area contributed by atoms with E-state index in [0.717, 1.165) is 5.56 Å². The van der Waals surface area contributed by atoms with E-state index in [2.05, 4.69) is 10.2 Å². The van der Waals surface area contributed by atoms with Crippen LogP contribution in [0.4, 0.5) is 0 Å². The molecule has 0 amide bonds. The van der Waals surface area contributed by atoms with Crippen LogP contribution in [-0.2, 0) is 6.54 Å². The summed E-state index contributed by atoms with van der Waals surface area (Å²) in [5.41, 5.74) is 1.46. The third-order valence-electron chi connectivity index (χ3n) is 3.65. The number of thioether (sulfide) groups is 1. The van der Waals surface area contributed by atoms with Crippen LogP contribution in [-0.4, -0.2) is 26.3 Å². The Balaban J connectivity index is 1.78. The molecule has 0 N–H and O–H groups in total. The molecule has 7 heteroatoms. The SMILES string of the molecule is CCn1c(SCC(=O)c2ccc(Cl)cc2)nnc1-c1ccccc1Cl. The van der Waals surface area contributed by atoms with Crippen molar-refractivity contribution in [2.75, 3.05) is 5.75 Å². The standard InChI is InChI=1S/C18H15Cl2N3OS/c1-2-23-17(14-5-3-4-6-15(14)20)21-22-18(23)25-11-16(24)12-7-9-13(19)10-8-12/h3-10H,2,11H2,1H3. The van der Waals surface area contributed by atoms with Gasteiger partial charge in [0.15, 0.2) is 16.8 Å². The highest BCUT2D eigenvalue weighted by atomic mass is 35.5. The minimum atomic E-state index is 0.0200. The van der Waals surface area contributed by atoms with Crippen molar-refractivity contribution in [2.24, 2.45) is 0 Å². The summed E-state index contributed by atoms with van der Waals surface area (Å²) in [5.74, 6) is 1.00. The molecule has 0 fully saturated rings. The number of benzene rings is 2. The van der Waals surface area contributed by atoms with Crippen molar-refractivity contribution in [2.45, 2.75) is 18.6 Å². The third kappa shape index (κ3) is 4.06. The van der Waals surface area contributed by atoms with Gasteiger partial charge in [0.05, 0.1) is 10.8 Å². The van der Waals surface area contributed by atoms with E-state index < -0.39 is 0 Å². The lowest BCUT2D eigenvalue weighted by Gasteiger charge is -2.08. The van der Waals surface area contributed by atoms with Crippen LogP contribution in [0.3, 0.4) is 0 Å². The van der Waals surface area contributed by atoms with E-state index in [0.29, 0.717) is 33.1 Å². The van der Waals surface area contributed by atoms with Gasteiger partial charge in [-0.2, -0.15) is 0 Å². The van der Waals surface area contributed by atoms with Gasteiger partial charge in [0.25, 0.3) is 0 Å². The summed E-state index contributed by atoms with van der Waals surface area (Å²) in [6.45, 7) is 2.69. The van der Waals surface area contributed by atoms with Crippen LogP contribution < -0.4 is 0 Å². The quantitative estimate of drug-likeness (QED) is 0.425. The van der Waals surface area contributed by atoms with Gasteiger partial charge < -0.3 is 4.57 Å². The molecule has 4 nitrogen and oxygen atoms in total. The average Bonchev–Trinajstić information content (AvgIpc) is 3.03. The molecule has 3 aromatic rings. The molecule has 128 valence electrons. The van der Waals surface area contributed by atoms with Gasteiger partial charge in [-0.25, -0.2) is 0 Å². The number of nitrogens with zero attached hydrogens (tertiary/aromatic N) is 3. The fourth-order valence-corrected chi connectivity index (χ4v) is 3.61. The van der Waals surface area contributed by atoms with Crippen LogP contribution in [0.15, 0.2) is 53.7 Å². The largest absolute Gasteiger partial charge is 0.302 e. The molecular weight excluding hydrogens is 377 g/mol. The molecule has 0 aliphatic heterocycles. The molecule has 0 saturated heterocycles. The van der Waals surface area contributed by atoms with Gasteiger partial charge in [-0.15, -0.1) is 10.2 Å². The summed E-state index contributed by atoms with van der Waals surface area (Å²) in [7, 11) is 0. The molecule has 0 aliphatic carbocycles. The first-order valence-electron chi connectivity index (χ1n) is 7.69. The van der Waals surface area contributed by atoms with Gasteiger partial charge >= 0.3 is 0 Å². The highest BCUT2D eigenvalue weighted by molar-refractivity contribution is 7.99. The Labute approximate surface area is 160 Å². The Morgan fingerprint density at radius 1 is 1.08 bits per heavy atom. The number of carbonyl (C=O) groups excluding carboxylic acids is 1. The third-order valence-corrected chi connectivity index (χ3v) is 5.19. The van der Waals surface area contributed by atoms with Crippen molar-refractivity contribution >= 4 is 40.7 Å². The number of carbonyl (C=O) groups is 1. The van der Waals surface area contributed by atoms with E-state index in [-0.39, 0.29) is 11.5 Å². The Bertz CT molecular complexity index is 894. The predicted octanol–water partition coefficient (Wildman–Crippen LogP) is 5.25. The normalized spacial score (nSPS) is 10.8. The van der Waals surface area contributed by atoms with Gasteiger partial charge in [0.2, 0.25) is 0 Å². The van der Waals surface area contributed by atoms with Crippen molar-refractivity contribution in [3.05, 3.63) is 64.1 Å². The first-order valence-corrected chi connectivity index (χ1v) is 9.44. The molecule has 2 aromatic carbocycles. The zero-order chi connectivity index (χ0) is 17.8. The van der Waals surface area contributed by atoms with Gasteiger partial charge in [-0.3, -0.25) is 4.79 Å². The summed E-state index contributed by atoms with van der Waals surface area (Å²) >= 11 is 13.5. The van der Waals surface area contributed by atoms with Gasteiger partial charge in [-0.05, 0) is 43.3 Å². The Kier molecular flexibility index (Phi) is 5.78. The minimum absolute atomic E-state index is 0.0200. The zero-order valence-corrected chi connectivity index (χ0v) is 15.8. The molecule has 25 heavy (non-hydrogen) atoms. The minimum Gasteiger partial charge on any atom is -0.302 e. The first-order chi connectivity index (χ1) is 12.1. The second-order valence-corrected chi connectivity index (χ2v) is 7.04. The van der Waals surface area contributed by atoms with Gasteiger partial charge in [0.1, 0.15) is 0 Å². The molecule has 0 radical (unpaired) electrons. The summed E-state index contributed by atoms with van der Waals surface area (Å²) in [5, 5.41) is 10.4. The van der Waals surface area contributed by atoms with Crippen LogP contribution in [0.25, 0.3) is 11.4 Å². The highest BCUT2D eigenvalue weighted by Gasteiger charge is 2.16. The van der Waals surface area contributed by atoms with E-state index in [1.54, 1.807) is 24.3 Å². The fourth-order valence-electron chi connectivity index (χ4n) is 2.37. The van der Waals surface area contributed by atoms with Crippen LogP contribution >= 0.6 is 35.0 Å². The highest BCUT2D eigenvalue weighted by Crippen LogP contribution is 2.29. The van der Waals surface area contributed by atoms with Crippen LogP contribution in [0.1, 0.15) is 17.3 Å². The van der Waals surface area contributed by atoms with Crippen molar-refractivity contribution in [3.8, 4) is 11.4 Å². The van der Waals surface area contributed by atoms with Crippen LogP contribution in [0.5, 0.6) is 0 Å². The number of Topliss-reactive ketones (excluding diaryl/α,β-unsaturated/α-hetero) is 1. The topological polar surface area (TPSA) is 47.8 Å². The molecule has 0 spiro atoms. The summed E-state index contributed by atoms with van der Waals surface area (Å²) in [6.07, 6.45) is 0.